The minimum atomic E-state index is 0.717. The monoisotopic (exact) mass is 298 g/mol. The van der Waals surface area contributed by atoms with Gasteiger partial charge in [0.15, 0.2) is 0 Å². The van der Waals surface area contributed by atoms with Crippen molar-refractivity contribution in [3.05, 3.63) is 28.4 Å². The SMILES string of the molecule is CO[C]1C2=C(C(=[O+]C)C3=C1C1CCC3CC1)C1CCC2CC1. The number of carbonyl (C=O) groups excluding carboxylic acids is 1. The van der Waals surface area contributed by atoms with E-state index in [4.69, 9.17) is 9.16 Å². The molecule has 2 saturated carbocycles. The Kier molecular flexibility index (Phi) is 2.95. The summed E-state index contributed by atoms with van der Waals surface area (Å²) in [6, 6.07) is 0. The van der Waals surface area contributed by atoms with Crippen LogP contribution in [0.3, 0.4) is 0 Å². The molecule has 0 amide bonds. The van der Waals surface area contributed by atoms with Crippen molar-refractivity contribution in [1.29, 1.82) is 0 Å². The summed E-state index contributed by atoms with van der Waals surface area (Å²) in [5.41, 5.74) is 6.20. The summed E-state index contributed by atoms with van der Waals surface area (Å²) < 4.78 is 12.1. The van der Waals surface area contributed by atoms with Crippen molar-refractivity contribution in [2.75, 3.05) is 14.2 Å². The van der Waals surface area contributed by atoms with Crippen molar-refractivity contribution in [3.63, 3.8) is 0 Å². The molecule has 0 unspecified atom stereocenters. The van der Waals surface area contributed by atoms with Crippen molar-refractivity contribution in [3.8, 4) is 0 Å². The van der Waals surface area contributed by atoms with E-state index in [2.05, 4.69) is 0 Å². The van der Waals surface area contributed by atoms with Gasteiger partial charge in [0.25, 0.3) is 7.11 Å². The molecule has 0 N–H and O–H groups in total. The van der Waals surface area contributed by atoms with Gasteiger partial charge in [-0.05, 0) is 86.2 Å². The van der Waals surface area contributed by atoms with Crippen LogP contribution < -0.4 is 0 Å². The lowest BCUT2D eigenvalue weighted by atomic mass is 9.55. The lowest BCUT2D eigenvalue weighted by Gasteiger charge is -2.49. The highest BCUT2D eigenvalue weighted by Gasteiger charge is 2.55. The molecule has 0 aromatic heterocycles. The fourth-order valence-corrected chi connectivity index (χ4v) is 6.18. The van der Waals surface area contributed by atoms with Crippen LogP contribution in [0.2, 0.25) is 0 Å². The third-order valence-corrected chi connectivity index (χ3v) is 7.05. The van der Waals surface area contributed by atoms with E-state index in [0.717, 1.165) is 23.7 Å². The summed E-state index contributed by atoms with van der Waals surface area (Å²) in [7, 11) is 3.79. The number of hydrogen-bond acceptors (Lipinski definition) is 1. The van der Waals surface area contributed by atoms with Crippen molar-refractivity contribution >= 4 is 5.78 Å². The molecule has 0 aromatic rings. The van der Waals surface area contributed by atoms with Gasteiger partial charge in [-0.2, -0.15) is 0 Å². The molecular weight excluding hydrogens is 272 g/mol. The van der Waals surface area contributed by atoms with Gasteiger partial charge in [0.1, 0.15) is 6.10 Å². The smallest absolute Gasteiger partial charge is 0.350 e. The van der Waals surface area contributed by atoms with Gasteiger partial charge in [-0.15, -0.1) is 0 Å². The summed E-state index contributed by atoms with van der Waals surface area (Å²) in [6.45, 7) is 0. The average molecular weight is 298 g/mol. The predicted octanol–water partition coefficient (Wildman–Crippen LogP) is 4.15. The lowest BCUT2D eigenvalue weighted by Crippen LogP contribution is -2.44. The highest BCUT2D eigenvalue weighted by Crippen LogP contribution is 2.59. The van der Waals surface area contributed by atoms with Crippen molar-refractivity contribution in [1.82, 2.24) is 0 Å². The standard InChI is InChI=1S/C20H26O2/c1-21-19-15-11-3-7-13(8-4-11)17(15)20(22-2)18-14-9-5-12(6-10-14)16(18)19/h11-14H,3-10H2,1-2H3/q+1. The second kappa shape index (κ2) is 4.80. The van der Waals surface area contributed by atoms with Gasteiger partial charge >= 0.3 is 5.78 Å². The van der Waals surface area contributed by atoms with Crippen molar-refractivity contribution < 1.29 is 9.16 Å². The molecule has 2 heteroatoms. The van der Waals surface area contributed by atoms with Crippen LogP contribution in [0.15, 0.2) is 22.3 Å². The number of ether oxygens (including phenoxy) is 1. The number of fused-ring (bicyclic) bond motifs is 4. The van der Waals surface area contributed by atoms with Crippen LogP contribution in [-0.4, -0.2) is 20.0 Å². The van der Waals surface area contributed by atoms with Gasteiger partial charge in [-0.25, -0.2) is 0 Å². The number of methoxy groups -OCH3 is 1. The number of ketones is 1. The summed E-state index contributed by atoms with van der Waals surface area (Å²) in [5.74, 6) is 4.14. The maximum Gasteiger partial charge on any atom is 0.350 e. The first-order valence-corrected chi connectivity index (χ1v) is 9.15. The zero-order chi connectivity index (χ0) is 14.8. The third-order valence-electron chi connectivity index (χ3n) is 7.05. The number of rotatable bonds is 1. The molecule has 0 aliphatic heterocycles. The Morgan fingerprint density at radius 3 is 1.36 bits per heavy atom. The topological polar surface area (TPSA) is 20.5 Å². The summed E-state index contributed by atoms with van der Waals surface area (Å²) in [5, 5.41) is 0. The molecule has 2 fully saturated rings. The normalized spacial score (nSPS) is 40.2. The van der Waals surface area contributed by atoms with Crippen LogP contribution in [-0.2, 0) is 9.16 Å². The Bertz CT molecular complexity index is 545. The maximum atomic E-state index is 6.06. The highest BCUT2D eigenvalue weighted by molar-refractivity contribution is 6.13. The maximum absolute atomic E-state index is 6.06. The molecule has 4 bridgehead atoms. The predicted molar refractivity (Wildman–Crippen MR) is 86.1 cm³/mol. The summed E-state index contributed by atoms with van der Waals surface area (Å²) in [4.78, 5) is 0. The molecular formula is C20H26O2+. The van der Waals surface area contributed by atoms with Crippen molar-refractivity contribution in [2.45, 2.75) is 51.4 Å². The fourth-order valence-electron chi connectivity index (χ4n) is 6.18. The minimum absolute atomic E-state index is 0.717. The zero-order valence-corrected chi connectivity index (χ0v) is 13.8. The molecule has 22 heavy (non-hydrogen) atoms. The second-order valence-electron chi connectivity index (χ2n) is 7.82. The van der Waals surface area contributed by atoms with E-state index in [1.165, 1.54) is 63.3 Å². The first-order chi connectivity index (χ1) is 10.8. The van der Waals surface area contributed by atoms with Gasteiger partial charge in [0, 0.05) is 7.11 Å². The Hall–Kier alpha value is -0.890. The van der Waals surface area contributed by atoms with Gasteiger partial charge in [-0.3, -0.25) is 4.42 Å². The van der Waals surface area contributed by atoms with E-state index < -0.39 is 0 Å². The molecule has 1 radical (unpaired) electrons. The molecule has 0 heterocycles. The fraction of sp³-hybridized carbons (Fsp3) is 0.700. The summed E-state index contributed by atoms with van der Waals surface area (Å²) in [6.07, 6.45) is 12.1. The highest BCUT2D eigenvalue weighted by atomic mass is 16.5. The molecule has 0 atom stereocenters. The largest absolute Gasteiger partial charge is 0.366 e. The Labute approximate surface area is 133 Å². The van der Waals surface area contributed by atoms with Gasteiger partial charge in [0.2, 0.25) is 0 Å². The van der Waals surface area contributed by atoms with Crippen molar-refractivity contribution in [2.24, 2.45) is 23.7 Å². The van der Waals surface area contributed by atoms with Gasteiger partial charge < -0.3 is 4.74 Å². The van der Waals surface area contributed by atoms with E-state index in [9.17, 15) is 0 Å². The van der Waals surface area contributed by atoms with Crippen LogP contribution >= 0.6 is 0 Å². The van der Waals surface area contributed by atoms with E-state index in [1.54, 1.807) is 22.3 Å². The Balaban J connectivity index is 1.74. The van der Waals surface area contributed by atoms with E-state index >= 15 is 0 Å². The van der Waals surface area contributed by atoms with Crippen LogP contribution in [0.1, 0.15) is 51.4 Å². The molecule has 7 aliphatic carbocycles. The van der Waals surface area contributed by atoms with Crippen LogP contribution in [0.5, 0.6) is 0 Å². The molecule has 117 valence electrons. The Morgan fingerprint density at radius 2 is 1.05 bits per heavy atom. The second-order valence-corrected chi connectivity index (χ2v) is 7.82. The van der Waals surface area contributed by atoms with Crippen LogP contribution in [0, 0.1) is 29.8 Å². The first-order valence-electron chi connectivity index (χ1n) is 9.15. The molecule has 0 saturated heterocycles. The number of hydrogen-bond donors (Lipinski definition) is 0. The lowest BCUT2D eigenvalue weighted by molar-refractivity contribution is -0.419. The van der Waals surface area contributed by atoms with E-state index in [-0.39, 0.29) is 0 Å². The quantitative estimate of drug-likeness (QED) is 0.666. The van der Waals surface area contributed by atoms with Gasteiger partial charge in [0.05, 0.1) is 11.1 Å². The third kappa shape index (κ3) is 1.57. The summed E-state index contributed by atoms with van der Waals surface area (Å²) >= 11 is 0. The van der Waals surface area contributed by atoms with E-state index in [0.29, 0.717) is 0 Å². The zero-order valence-electron chi connectivity index (χ0n) is 13.8. The first kappa shape index (κ1) is 13.5. The van der Waals surface area contributed by atoms with E-state index in [1.807, 2.05) is 14.2 Å². The molecule has 0 spiro atoms. The van der Waals surface area contributed by atoms with Gasteiger partial charge in [-0.1, -0.05) is 0 Å². The van der Waals surface area contributed by atoms with Crippen LogP contribution in [0.25, 0.3) is 0 Å². The average Bonchev–Trinajstić information content (AvgIpc) is 2.61. The van der Waals surface area contributed by atoms with Crippen LogP contribution in [0.4, 0.5) is 0 Å². The molecule has 2 nitrogen and oxygen atoms in total. The molecule has 7 rings (SSSR count). The minimum Gasteiger partial charge on any atom is -0.366 e. The Morgan fingerprint density at radius 1 is 0.682 bits per heavy atom. The molecule has 0 aromatic carbocycles. The molecule has 7 aliphatic rings. The number of allylic oxidation sites excluding steroid dienone is 2.